The Morgan fingerprint density at radius 1 is 1.03 bits per heavy atom. The van der Waals surface area contributed by atoms with Gasteiger partial charge in [-0.3, -0.25) is 14.4 Å². The van der Waals surface area contributed by atoms with Gasteiger partial charge < -0.3 is 20.6 Å². The third-order valence-corrected chi connectivity index (χ3v) is 6.69. The van der Waals surface area contributed by atoms with Crippen LogP contribution in [0.5, 0.6) is 0 Å². The average Bonchev–Trinajstić information content (AvgIpc) is 3.05. The summed E-state index contributed by atoms with van der Waals surface area (Å²) in [6.45, 7) is 5.41. The molecule has 7 heteroatoms. The van der Waals surface area contributed by atoms with E-state index in [0.717, 1.165) is 44.9 Å². The summed E-state index contributed by atoms with van der Waals surface area (Å²) < 4.78 is 0. The molecule has 0 aromatic heterocycles. The molecule has 1 aliphatic carbocycles. The molecule has 3 amide bonds. The number of carbonyl (C=O) groups excluding carboxylic acids is 3. The van der Waals surface area contributed by atoms with Crippen molar-refractivity contribution in [3.8, 4) is 0 Å². The Morgan fingerprint density at radius 3 is 2.45 bits per heavy atom. The molecule has 2 rings (SSSR count). The van der Waals surface area contributed by atoms with Crippen LogP contribution in [-0.2, 0) is 14.4 Å². The quantitative estimate of drug-likeness (QED) is 0.305. The molecule has 0 saturated carbocycles. The summed E-state index contributed by atoms with van der Waals surface area (Å²) in [5, 5.41) is 14.8. The maximum Gasteiger partial charge on any atom is 0.243 e. The van der Waals surface area contributed by atoms with Gasteiger partial charge >= 0.3 is 0 Å². The lowest BCUT2D eigenvalue weighted by molar-refractivity contribution is -0.140. The van der Waals surface area contributed by atoms with Gasteiger partial charge in [0.1, 0.15) is 6.04 Å². The van der Waals surface area contributed by atoms with Crippen LogP contribution in [0.1, 0.15) is 65.2 Å². The van der Waals surface area contributed by atoms with E-state index in [2.05, 4.69) is 30.6 Å². The zero-order valence-corrected chi connectivity index (χ0v) is 19.4. The van der Waals surface area contributed by atoms with Crippen LogP contribution in [0.2, 0.25) is 0 Å². The van der Waals surface area contributed by atoms with Gasteiger partial charge in [0.05, 0.1) is 11.8 Å². The number of aliphatic hydroxyl groups is 1. The topological polar surface area (TPSA) is 98.7 Å². The lowest BCUT2D eigenvalue weighted by Crippen LogP contribution is -2.48. The van der Waals surface area contributed by atoms with Crippen molar-refractivity contribution in [3.05, 3.63) is 12.2 Å². The molecular formula is C24H41N3O4. The highest BCUT2D eigenvalue weighted by molar-refractivity contribution is 5.96. The van der Waals surface area contributed by atoms with Crippen molar-refractivity contribution in [3.63, 3.8) is 0 Å². The standard InChI is InChI=1S/C24H41N3O4/c1-4-6-8-14-26-23(30)21-18-13-12-17(11-5-2)19(22(29)25-3)20(18)24(31)27(21)15-9-7-10-16-28/h12-13,17-21,28H,4-11,14-16H2,1-3H3,(H,25,29)(H,26,30)/t17-,18+,19-,20+,21+/m1/s1. The highest BCUT2D eigenvalue weighted by atomic mass is 16.3. The second-order valence-electron chi connectivity index (χ2n) is 8.84. The molecular weight excluding hydrogens is 394 g/mol. The number of hydrogen-bond donors (Lipinski definition) is 3. The third-order valence-electron chi connectivity index (χ3n) is 6.69. The van der Waals surface area contributed by atoms with Crippen LogP contribution >= 0.6 is 0 Å². The number of nitrogens with one attached hydrogen (secondary N) is 2. The van der Waals surface area contributed by atoms with Gasteiger partial charge in [-0.05, 0) is 38.0 Å². The van der Waals surface area contributed by atoms with Crippen LogP contribution in [0.15, 0.2) is 12.2 Å². The van der Waals surface area contributed by atoms with Crippen LogP contribution in [0, 0.1) is 23.7 Å². The van der Waals surface area contributed by atoms with Crippen molar-refractivity contribution in [2.45, 2.75) is 71.3 Å². The number of allylic oxidation sites excluding steroid dienone is 1. The van der Waals surface area contributed by atoms with Crippen molar-refractivity contribution in [1.29, 1.82) is 0 Å². The van der Waals surface area contributed by atoms with Crippen molar-refractivity contribution >= 4 is 17.7 Å². The summed E-state index contributed by atoms with van der Waals surface area (Å²) in [4.78, 5) is 41.3. The summed E-state index contributed by atoms with van der Waals surface area (Å²) in [6, 6.07) is -0.570. The molecule has 0 spiro atoms. The largest absolute Gasteiger partial charge is 0.396 e. The molecule has 176 valence electrons. The lowest BCUT2D eigenvalue weighted by atomic mass is 9.68. The first kappa shape index (κ1) is 25.4. The normalized spacial score (nSPS) is 27.3. The minimum atomic E-state index is -0.570. The Balaban J connectivity index is 2.28. The summed E-state index contributed by atoms with van der Waals surface area (Å²) in [5.41, 5.74) is 0. The summed E-state index contributed by atoms with van der Waals surface area (Å²) in [6.07, 6.45) is 11.1. The Bertz CT molecular complexity index is 636. The molecule has 1 saturated heterocycles. The van der Waals surface area contributed by atoms with Gasteiger partial charge in [-0.2, -0.15) is 0 Å². The Kier molecular flexibility index (Phi) is 10.5. The predicted molar refractivity (Wildman–Crippen MR) is 121 cm³/mol. The first-order chi connectivity index (χ1) is 15.0. The van der Waals surface area contributed by atoms with Gasteiger partial charge in [0, 0.05) is 32.7 Å². The van der Waals surface area contributed by atoms with Crippen molar-refractivity contribution in [2.24, 2.45) is 23.7 Å². The molecule has 1 aliphatic heterocycles. The lowest BCUT2D eigenvalue weighted by Gasteiger charge is -2.34. The fraction of sp³-hybridized carbons (Fsp3) is 0.792. The zero-order valence-electron chi connectivity index (χ0n) is 19.4. The van der Waals surface area contributed by atoms with Crippen LogP contribution < -0.4 is 10.6 Å². The highest BCUT2D eigenvalue weighted by Crippen LogP contribution is 2.45. The predicted octanol–water partition coefficient (Wildman–Crippen LogP) is 2.25. The smallest absolute Gasteiger partial charge is 0.243 e. The summed E-state index contributed by atoms with van der Waals surface area (Å²) in [5.74, 6) is -1.52. The first-order valence-corrected chi connectivity index (χ1v) is 12.1. The second-order valence-corrected chi connectivity index (χ2v) is 8.84. The molecule has 0 bridgehead atoms. The Morgan fingerprint density at radius 2 is 1.81 bits per heavy atom. The molecule has 7 nitrogen and oxygen atoms in total. The van der Waals surface area contributed by atoms with E-state index in [4.69, 9.17) is 5.11 Å². The van der Waals surface area contributed by atoms with E-state index in [1.807, 2.05) is 6.08 Å². The SMILES string of the molecule is CCCCCNC(=O)[C@@H]1[C@H]2C=C[C@@H](CCC)[C@@H](C(=O)NC)[C@H]2C(=O)N1CCCCCO. The van der Waals surface area contributed by atoms with E-state index < -0.39 is 17.9 Å². The van der Waals surface area contributed by atoms with E-state index in [1.165, 1.54) is 0 Å². The molecule has 3 N–H and O–H groups in total. The molecule has 0 radical (unpaired) electrons. The maximum absolute atomic E-state index is 13.6. The molecule has 1 heterocycles. The highest BCUT2D eigenvalue weighted by Gasteiger charge is 2.56. The van der Waals surface area contributed by atoms with Gasteiger partial charge in [-0.25, -0.2) is 0 Å². The summed E-state index contributed by atoms with van der Waals surface area (Å²) >= 11 is 0. The number of unbranched alkanes of at least 4 members (excludes halogenated alkanes) is 4. The van der Waals surface area contributed by atoms with Gasteiger partial charge in [-0.15, -0.1) is 0 Å². The van der Waals surface area contributed by atoms with Crippen LogP contribution in [0.4, 0.5) is 0 Å². The van der Waals surface area contributed by atoms with Crippen LogP contribution in [0.25, 0.3) is 0 Å². The summed E-state index contributed by atoms with van der Waals surface area (Å²) in [7, 11) is 1.61. The van der Waals surface area contributed by atoms with E-state index in [1.54, 1.807) is 11.9 Å². The number of likely N-dealkylation sites (tertiary alicyclic amines) is 1. The number of amides is 3. The second kappa shape index (κ2) is 12.8. The fourth-order valence-electron chi connectivity index (χ4n) is 5.13. The Hall–Kier alpha value is -1.89. The average molecular weight is 436 g/mol. The van der Waals surface area contributed by atoms with Crippen LogP contribution in [0.3, 0.4) is 0 Å². The number of fused-ring (bicyclic) bond motifs is 1. The Labute approximate surface area is 187 Å². The van der Waals surface area contributed by atoms with Gasteiger partial charge in [0.25, 0.3) is 0 Å². The molecule has 1 fully saturated rings. The molecule has 0 unspecified atom stereocenters. The van der Waals surface area contributed by atoms with E-state index in [0.29, 0.717) is 19.5 Å². The van der Waals surface area contributed by atoms with E-state index in [9.17, 15) is 14.4 Å². The first-order valence-electron chi connectivity index (χ1n) is 12.1. The van der Waals surface area contributed by atoms with Crippen LogP contribution in [-0.4, -0.2) is 60.5 Å². The van der Waals surface area contributed by atoms with Crippen molar-refractivity contribution < 1.29 is 19.5 Å². The number of nitrogens with zero attached hydrogens (tertiary/aromatic N) is 1. The maximum atomic E-state index is 13.6. The molecule has 31 heavy (non-hydrogen) atoms. The van der Waals surface area contributed by atoms with E-state index >= 15 is 0 Å². The van der Waals surface area contributed by atoms with Gasteiger partial charge in [0.2, 0.25) is 17.7 Å². The van der Waals surface area contributed by atoms with Gasteiger partial charge in [-0.1, -0.05) is 45.3 Å². The molecule has 5 atom stereocenters. The number of aliphatic hydroxyl groups excluding tert-OH is 1. The molecule has 0 aromatic carbocycles. The molecule has 2 aliphatic rings. The number of rotatable bonds is 13. The molecule has 0 aromatic rings. The van der Waals surface area contributed by atoms with Crippen molar-refractivity contribution in [1.82, 2.24) is 15.5 Å². The van der Waals surface area contributed by atoms with Crippen molar-refractivity contribution in [2.75, 3.05) is 26.7 Å². The monoisotopic (exact) mass is 435 g/mol. The fourth-order valence-corrected chi connectivity index (χ4v) is 5.13. The minimum absolute atomic E-state index is 0.0118. The third kappa shape index (κ3) is 6.09. The van der Waals surface area contributed by atoms with E-state index in [-0.39, 0.29) is 36.2 Å². The number of carbonyl (C=O) groups is 3. The zero-order chi connectivity index (χ0) is 22.8. The van der Waals surface area contributed by atoms with Gasteiger partial charge in [0.15, 0.2) is 0 Å². The number of hydrogen-bond acceptors (Lipinski definition) is 4. The minimum Gasteiger partial charge on any atom is -0.396 e.